The lowest BCUT2D eigenvalue weighted by Gasteiger charge is -2.04. The van der Waals surface area contributed by atoms with Gasteiger partial charge in [0.25, 0.3) is 0 Å². The Hall–Kier alpha value is -1.58. The third kappa shape index (κ3) is 1.77. The van der Waals surface area contributed by atoms with E-state index in [1.165, 1.54) is 0 Å². The number of aliphatic imine (C=N–C) groups is 1. The molecule has 70 valence electrons. The van der Waals surface area contributed by atoms with Crippen molar-refractivity contribution in [3.8, 4) is 0 Å². The highest BCUT2D eigenvalue weighted by atomic mass is 16.4. The predicted octanol–water partition coefficient (Wildman–Crippen LogP) is 1.97. The van der Waals surface area contributed by atoms with E-state index in [1.54, 1.807) is 0 Å². The molecule has 4 nitrogen and oxygen atoms in total. The molecule has 0 saturated heterocycles. The zero-order valence-electron chi connectivity index (χ0n) is 7.76. The average Bonchev–Trinajstić information content (AvgIpc) is 2.45. The Morgan fingerprint density at radius 2 is 2.23 bits per heavy atom. The molecule has 0 saturated carbocycles. The van der Waals surface area contributed by atoms with Crippen LogP contribution in [-0.4, -0.2) is 11.7 Å². The smallest absolute Gasteiger partial charge is 0.406 e. The van der Waals surface area contributed by atoms with Crippen molar-refractivity contribution >= 4 is 18.1 Å². The van der Waals surface area contributed by atoms with Gasteiger partial charge >= 0.3 is 5.76 Å². The number of rotatable bonds is 3. The number of hydrogen-bond donors (Lipinski definition) is 1. The molecule has 1 heterocycles. The summed E-state index contributed by atoms with van der Waals surface area (Å²) in [5.41, 5.74) is 0.737. The molecule has 4 heteroatoms. The Bertz CT molecular complexity index is 385. The lowest BCUT2D eigenvalue weighted by Crippen LogP contribution is -1.94. The second-order valence-corrected chi connectivity index (χ2v) is 3.03. The number of oxazole rings is 1. The zero-order chi connectivity index (χ0) is 10.0. The van der Waals surface area contributed by atoms with Crippen molar-refractivity contribution in [2.75, 3.05) is 0 Å². The standard InChI is InChI=1S/C9H12N2O2/c1-5(2)6(3)7-8(10-4)11-9(12)13-7/h5H,3-4H2,1-2H3,(H,11,12). The summed E-state index contributed by atoms with van der Waals surface area (Å²) in [4.78, 5) is 16.9. The number of aromatic amines is 1. The molecule has 1 N–H and O–H groups in total. The number of nitrogens with zero attached hydrogens (tertiary/aromatic N) is 1. The Morgan fingerprint density at radius 3 is 2.69 bits per heavy atom. The number of allylic oxidation sites excluding steroid dienone is 1. The Kier molecular flexibility index (Phi) is 2.51. The van der Waals surface area contributed by atoms with Crippen LogP contribution in [0.2, 0.25) is 0 Å². The molecule has 0 aliphatic carbocycles. The van der Waals surface area contributed by atoms with Crippen molar-refractivity contribution in [1.29, 1.82) is 0 Å². The molecule has 0 aliphatic rings. The van der Waals surface area contributed by atoms with E-state index < -0.39 is 5.76 Å². The number of nitrogens with one attached hydrogen (secondary N) is 1. The fourth-order valence-electron chi connectivity index (χ4n) is 0.911. The molecule has 13 heavy (non-hydrogen) atoms. The van der Waals surface area contributed by atoms with Crippen LogP contribution in [0.5, 0.6) is 0 Å². The Balaban J connectivity index is 3.20. The van der Waals surface area contributed by atoms with Gasteiger partial charge in [0.1, 0.15) is 0 Å². The summed E-state index contributed by atoms with van der Waals surface area (Å²) >= 11 is 0. The summed E-state index contributed by atoms with van der Waals surface area (Å²) in [6.07, 6.45) is 0. The molecule has 0 bridgehead atoms. The van der Waals surface area contributed by atoms with E-state index in [0.29, 0.717) is 11.6 Å². The third-order valence-electron chi connectivity index (χ3n) is 1.78. The largest absolute Gasteiger partial charge is 0.418 e. The molecule has 1 aromatic rings. The quantitative estimate of drug-likeness (QED) is 0.723. The molecule has 0 aromatic carbocycles. The van der Waals surface area contributed by atoms with Crippen LogP contribution in [-0.2, 0) is 0 Å². The molecule has 1 rings (SSSR count). The normalized spacial score (nSPS) is 10.4. The van der Waals surface area contributed by atoms with Crippen LogP contribution >= 0.6 is 0 Å². The molecule has 0 amide bonds. The van der Waals surface area contributed by atoms with Crippen molar-refractivity contribution in [3.63, 3.8) is 0 Å². The molecule has 0 atom stereocenters. The fraction of sp³-hybridized carbons (Fsp3) is 0.333. The first-order valence-corrected chi connectivity index (χ1v) is 3.95. The van der Waals surface area contributed by atoms with Gasteiger partial charge in [0.05, 0.1) is 0 Å². The summed E-state index contributed by atoms with van der Waals surface area (Å²) in [5.74, 6) is 0.428. The molecule has 0 fully saturated rings. The number of hydrogen-bond acceptors (Lipinski definition) is 3. The van der Waals surface area contributed by atoms with Gasteiger partial charge in [-0.15, -0.1) is 0 Å². The first-order valence-electron chi connectivity index (χ1n) is 3.95. The van der Waals surface area contributed by atoms with Gasteiger partial charge in [-0.05, 0) is 18.2 Å². The first-order chi connectivity index (χ1) is 6.06. The van der Waals surface area contributed by atoms with Crippen molar-refractivity contribution in [1.82, 2.24) is 4.98 Å². The molecule has 0 spiro atoms. The molecular formula is C9H12N2O2. The van der Waals surface area contributed by atoms with Crippen LogP contribution in [0.3, 0.4) is 0 Å². The van der Waals surface area contributed by atoms with Gasteiger partial charge in [-0.25, -0.2) is 9.79 Å². The highest BCUT2D eigenvalue weighted by Crippen LogP contribution is 2.26. The van der Waals surface area contributed by atoms with E-state index in [1.807, 2.05) is 13.8 Å². The van der Waals surface area contributed by atoms with Gasteiger partial charge < -0.3 is 4.42 Å². The molecule has 0 unspecified atom stereocenters. The van der Waals surface area contributed by atoms with Crippen molar-refractivity contribution in [2.24, 2.45) is 10.9 Å². The van der Waals surface area contributed by atoms with Gasteiger partial charge in [-0.3, -0.25) is 4.98 Å². The third-order valence-corrected chi connectivity index (χ3v) is 1.78. The maximum Gasteiger partial charge on any atom is 0.418 e. The minimum absolute atomic E-state index is 0.208. The summed E-state index contributed by atoms with van der Waals surface area (Å²) in [7, 11) is 0. The Labute approximate surface area is 76.0 Å². The van der Waals surface area contributed by atoms with Gasteiger partial charge in [0, 0.05) is 0 Å². The second-order valence-electron chi connectivity index (χ2n) is 3.03. The monoisotopic (exact) mass is 180 g/mol. The summed E-state index contributed by atoms with van der Waals surface area (Å²) < 4.78 is 4.88. The zero-order valence-corrected chi connectivity index (χ0v) is 7.76. The lowest BCUT2D eigenvalue weighted by atomic mass is 10.0. The van der Waals surface area contributed by atoms with Crippen LogP contribution in [0, 0.1) is 5.92 Å². The molecule has 0 radical (unpaired) electrons. The van der Waals surface area contributed by atoms with Crippen LogP contribution in [0.15, 0.2) is 20.8 Å². The summed E-state index contributed by atoms with van der Waals surface area (Å²) in [6, 6.07) is 0. The van der Waals surface area contributed by atoms with Crippen molar-refractivity contribution in [2.45, 2.75) is 13.8 Å². The van der Waals surface area contributed by atoms with Gasteiger partial charge in [0.2, 0.25) is 0 Å². The summed E-state index contributed by atoms with van der Waals surface area (Å²) in [6.45, 7) is 11.1. The molecular weight excluding hydrogens is 168 g/mol. The summed E-state index contributed by atoms with van der Waals surface area (Å²) in [5, 5.41) is 0. The van der Waals surface area contributed by atoms with Crippen LogP contribution in [0.4, 0.5) is 5.82 Å². The number of aromatic nitrogens is 1. The van der Waals surface area contributed by atoms with E-state index >= 15 is 0 Å². The van der Waals surface area contributed by atoms with Crippen LogP contribution in [0.25, 0.3) is 5.57 Å². The highest BCUT2D eigenvalue weighted by Gasteiger charge is 2.14. The molecule has 1 aromatic heterocycles. The van der Waals surface area contributed by atoms with Crippen LogP contribution < -0.4 is 5.76 Å². The SMILES string of the molecule is C=Nc1[nH]c(=O)oc1C(=C)C(C)C. The predicted molar refractivity (Wildman–Crippen MR) is 52.4 cm³/mol. The minimum Gasteiger partial charge on any atom is -0.406 e. The van der Waals surface area contributed by atoms with Gasteiger partial charge in [0.15, 0.2) is 11.6 Å². The van der Waals surface area contributed by atoms with E-state index in [2.05, 4.69) is 23.3 Å². The second kappa shape index (κ2) is 3.43. The fourth-order valence-corrected chi connectivity index (χ4v) is 0.911. The Morgan fingerprint density at radius 1 is 1.62 bits per heavy atom. The maximum absolute atomic E-state index is 10.8. The topological polar surface area (TPSA) is 58.4 Å². The van der Waals surface area contributed by atoms with Gasteiger partial charge in [-0.1, -0.05) is 20.4 Å². The average molecular weight is 180 g/mol. The van der Waals surface area contributed by atoms with E-state index in [4.69, 9.17) is 4.42 Å². The maximum atomic E-state index is 10.8. The minimum atomic E-state index is -0.529. The van der Waals surface area contributed by atoms with E-state index in [0.717, 1.165) is 5.57 Å². The van der Waals surface area contributed by atoms with Crippen LogP contribution in [0.1, 0.15) is 19.6 Å². The first kappa shape index (κ1) is 9.51. The van der Waals surface area contributed by atoms with Gasteiger partial charge in [-0.2, -0.15) is 0 Å². The number of H-pyrrole nitrogens is 1. The van der Waals surface area contributed by atoms with E-state index in [9.17, 15) is 4.79 Å². The van der Waals surface area contributed by atoms with Crippen molar-refractivity contribution < 1.29 is 4.42 Å². The van der Waals surface area contributed by atoms with Crippen molar-refractivity contribution in [3.05, 3.63) is 22.9 Å². The highest BCUT2D eigenvalue weighted by molar-refractivity contribution is 5.68. The van der Waals surface area contributed by atoms with E-state index in [-0.39, 0.29) is 5.92 Å². The molecule has 0 aliphatic heterocycles. The lowest BCUT2D eigenvalue weighted by molar-refractivity contribution is 0.498.